The average Bonchev–Trinajstić information content (AvgIpc) is 4.02. The number of carbonyl (C=O) groups excluding carboxylic acids is 4. The highest BCUT2D eigenvalue weighted by molar-refractivity contribution is 7.90. The molecule has 0 spiro atoms. The van der Waals surface area contributed by atoms with Crippen LogP contribution in [0, 0.1) is 29.1 Å². The lowest BCUT2D eigenvalue weighted by Crippen LogP contribution is -2.47. The van der Waals surface area contributed by atoms with E-state index in [1.54, 1.807) is 18.1 Å². The van der Waals surface area contributed by atoms with Crippen molar-refractivity contribution in [3.05, 3.63) is 54.6 Å². The van der Waals surface area contributed by atoms with Crippen molar-refractivity contribution in [2.45, 2.75) is 126 Å². The summed E-state index contributed by atoms with van der Waals surface area (Å²) in [5.74, 6) is -1.67. The van der Waals surface area contributed by atoms with E-state index in [2.05, 4.69) is 23.5 Å². The molecule has 324 valence electrons. The van der Waals surface area contributed by atoms with E-state index in [0.29, 0.717) is 49.6 Å². The highest BCUT2D eigenvalue weighted by atomic mass is 32.2. The van der Waals surface area contributed by atoms with Gasteiger partial charge in [-0.25, -0.2) is 13.4 Å². The Morgan fingerprint density at radius 1 is 1.00 bits per heavy atom. The summed E-state index contributed by atoms with van der Waals surface area (Å²) >= 11 is 0. The number of aromatic nitrogens is 1. The second kappa shape index (κ2) is 18.0. The predicted molar refractivity (Wildman–Crippen MR) is 223 cm³/mol. The van der Waals surface area contributed by atoms with Crippen molar-refractivity contribution in [3.8, 4) is 11.6 Å². The Balaban J connectivity index is 1.16. The van der Waals surface area contributed by atoms with Gasteiger partial charge in [0.2, 0.25) is 27.7 Å². The van der Waals surface area contributed by atoms with Gasteiger partial charge >= 0.3 is 5.97 Å². The Hall–Kier alpha value is -4.30. The third-order valence-corrected chi connectivity index (χ3v) is 15.7. The standard InChI is InChI=1S/C46H59N3O10S/c1-3-31-26-46(31,45(53)48-60(54,55)33-20-21-33)27-39(50)38-24-32-28-49(38)44(52)36(29-12-7-8-13-29)25-41(51)59-40-19-11-15-30(40)14-5-4-6-17-35-42(57-23-22-56-2)34-16-9-10-18-37(34)47-43(35)58-32/h3-4,6,9-10,16,18,29-33,36,38,40H,1,5,7-8,11-15,17,19-28H2,2H3,(H,48,53)/b6-4+/t30-,31-,32-,36+,38+,40-,46-/m1/s1. The maximum Gasteiger partial charge on any atom is 0.306 e. The molecule has 14 heteroatoms. The summed E-state index contributed by atoms with van der Waals surface area (Å²) in [5, 5.41) is 0.217. The van der Waals surface area contributed by atoms with Crippen LogP contribution in [0.2, 0.25) is 0 Å². The summed E-state index contributed by atoms with van der Waals surface area (Å²) in [6.45, 7) is 4.61. The predicted octanol–water partition coefficient (Wildman–Crippen LogP) is 6.17. The monoisotopic (exact) mass is 845 g/mol. The molecule has 6 aliphatic rings. The number of pyridine rings is 1. The number of allylic oxidation sites excluding steroid dienone is 3. The lowest BCUT2D eigenvalue weighted by Gasteiger charge is -2.31. The number of hydrogen-bond donors (Lipinski definition) is 1. The number of sulfonamides is 1. The summed E-state index contributed by atoms with van der Waals surface area (Å²) < 4.78 is 52.8. The highest BCUT2D eigenvalue weighted by Crippen LogP contribution is 2.57. The molecule has 5 fully saturated rings. The number of Topliss-reactive ketones (excluding diaryl/α,β-unsaturated/α-hetero) is 1. The highest BCUT2D eigenvalue weighted by Gasteiger charge is 2.61. The first kappa shape index (κ1) is 42.4. The minimum atomic E-state index is -3.86. The summed E-state index contributed by atoms with van der Waals surface area (Å²) in [4.78, 5) is 64.0. The quantitative estimate of drug-likeness (QED) is 0.148. The molecule has 13 nitrogen and oxygen atoms in total. The third-order valence-electron chi connectivity index (χ3n) is 13.9. The van der Waals surface area contributed by atoms with Crippen LogP contribution in [0.1, 0.15) is 102 Å². The molecule has 2 amide bonds. The molecule has 7 atom stereocenters. The smallest absolute Gasteiger partial charge is 0.306 e. The number of fused-ring (bicyclic) bond motifs is 5. The molecule has 4 aliphatic carbocycles. The summed E-state index contributed by atoms with van der Waals surface area (Å²) in [6.07, 6.45) is 14.3. The zero-order valence-electron chi connectivity index (χ0n) is 34.7. The van der Waals surface area contributed by atoms with E-state index < -0.39 is 50.6 Å². The van der Waals surface area contributed by atoms with Gasteiger partial charge in [0.1, 0.15) is 24.6 Å². The molecule has 1 N–H and O–H groups in total. The molecule has 1 aromatic carbocycles. The van der Waals surface area contributed by atoms with Crippen LogP contribution in [-0.2, 0) is 45.1 Å². The van der Waals surface area contributed by atoms with Crippen molar-refractivity contribution < 1.29 is 46.5 Å². The first-order chi connectivity index (χ1) is 29.0. The first-order valence-corrected chi connectivity index (χ1v) is 23.6. The number of para-hydroxylation sites is 1. The van der Waals surface area contributed by atoms with Crippen LogP contribution in [-0.4, -0.2) is 92.2 Å². The molecule has 3 heterocycles. The fraction of sp³-hybridized carbons (Fsp3) is 0.630. The Kier molecular flexibility index (Phi) is 12.7. The van der Waals surface area contributed by atoms with E-state index in [-0.39, 0.29) is 67.8 Å². The Morgan fingerprint density at radius 3 is 2.53 bits per heavy atom. The molecule has 8 rings (SSSR count). The molecule has 4 saturated carbocycles. The Bertz CT molecular complexity index is 2110. The van der Waals surface area contributed by atoms with Gasteiger partial charge in [-0.3, -0.25) is 23.9 Å². The number of esters is 1. The maximum atomic E-state index is 15.1. The van der Waals surface area contributed by atoms with Crippen LogP contribution in [0.25, 0.3) is 10.9 Å². The number of hydrogen-bond acceptors (Lipinski definition) is 11. The van der Waals surface area contributed by atoms with E-state index in [9.17, 15) is 22.8 Å². The van der Waals surface area contributed by atoms with Crippen molar-refractivity contribution in [2.24, 2.45) is 29.1 Å². The molecular weight excluding hydrogens is 787 g/mol. The lowest BCUT2D eigenvalue weighted by molar-refractivity contribution is -0.156. The number of carbonyl (C=O) groups is 4. The van der Waals surface area contributed by atoms with Gasteiger partial charge in [0, 0.05) is 25.3 Å². The van der Waals surface area contributed by atoms with Gasteiger partial charge < -0.3 is 23.8 Å². The normalized spacial score (nSPS) is 30.6. The first-order valence-electron chi connectivity index (χ1n) is 22.1. The van der Waals surface area contributed by atoms with Gasteiger partial charge in [0.25, 0.3) is 0 Å². The van der Waals surface area contributed by atoms with E-state index in [0.717, 1.165) is 68.7 Å². The second-order valence-corrected chi connectivity index (χ2v) is 19.9. The van der Waals surface area contributed by atoms with Gasteiger partial charge in [0.05, 0.1) is 53.3 Å². The van der Waals surface area contributed by atoms with Crippen molar-refractivity contribution >= 4 is 44.5 Å². The van der Waals surface area contributed by atoms with Crippen molar-refractivity contribution in [1.82, 2.24) is 14.6 Å². The second-order valence-electron chi connectivity index (χ2n) is 17.9. The Labute approximate surface area is 353 Å². The summed E-state index contributed by atoms with van der Waals surface area (Å²) in [6, 6.07) is 6.70. The topological polar surface area (TPSA) is 168 Å². The maximum absolute atomic E-state index is 15.1. The Morgan fingerprint density at radius 2 is 1.78 bits per heavy atom. The number of benzene rings is 1. The molecule has 60 heavy (non-hydrogen) atoms. The minimum absolute atomic E-state index is 0.0465. The molecule has 2 aromatic rings. The summed E-state index contributed by atoms with van der Waals surface area (Å²) in [7, 11) is -2.25. The van der Waals surface area contributed by atoms with Gasteiger partial charge in [-0.15, -0.1) is 6.58 Å². The molecule has 1 saturated heterocycles. The van der Waals surface area contributed by atoms with Crippen molar-refractivity contribution in [3.63, 3.8) is 0 Å². The number of amides is 2. The van der Waals surface area contributed by atoms with Gasteiger partial charge in [-0.05, 0) is 101 Å². The molecule has 2 aliphatic heterocycles. The number of nitrogens with zero attached hydrogens (tertiary/aromatic N) is 2. The number of rotatable bonds is 12. The van der Waals surface area contributed by atoms with E-state index in [1.165, 1.54) is 0 Å². The van der Waals surface area contributed by atoms with Gasteiger partial charge in [-0.1, -0.05) is 43.2 Å². The van der Waals surface area contributed by atoms with Crippen molar-refractivity contribution in [2.75, 3.05) is 26.9 Å². The zero-order chi connectivity index (χ0) is 42.0. The van der Waals surface area contributed by atoms with Gasteiger partial charge in [0.15, 0.2) is 5.78 Å². The SMILES string of the molecule is C=C[C@@H]1C[C@]1(CC(=O)[C@@H]1C[C@@H]2CN1C(=O)[C@H](C1CCCC1)CC(=O)O[C@@H]1CCC[C@H]1CC/C=C/Cc1c(nc3ccccc3c1OCCOC)O2)C(=O)NS(=O)(=O)C1CC1. The van der Waals surface area contributed by atoms with Crippen LogP contribution >= 0.6 is 0 Å². The van der Waals surface area contributed by atoms with Gasteiger partial charge in [-0.2, -0.15) is 0 Å². The number of ether oxygens (including phenoxy) is 4. The fourth-order valence-corrected chi connectivity index (χ4v) is 11.7. The average molecular weight is 846 g/mol. The fourth-order valence-electron chi connectivity index (χ4n) is 10.3. The molecule has 0 unspecified atom stereocenters. The zero-order valence-corrected chi connectivity index (χ0v) is 35.5. The van der Waals surface area contributed by atoms with Crippen LogP contribution in [0.5, 0.6) is 11.6 Å². The molecule has 2 bridgehead atoms. The molecule has 0 radical (unpaired) electrons. The van der Waals surface area contributed by atoms with E-state index >= 15 is 4.79 Å². The number of methoxy groups -OCH3 is 1. The van der Waals surface area contributed by atoms with Crippen LogP contribution in [0.4, 0.5) is 0 Å². The van der Waals surface area contributed by atoms with E-state index in [1.807, 2.05) is 24.3 Å². The summed E-state index contributed by atoms with van der Waals surface area (Å²) in [5.41, 5.74) is 0.116. The van der Waals surface area contributed by atoms with E-state index in [4.69, 9.17) is 23.9 Å². The molecular formula is C46H59N3O10S. The largest absolute Gasteiger partial charge is 0.490 e. The van der Waals surface area contributed by atoms with Crippen molar-refractivity contribution in [1.29, 1.82) is 0 Å². The third kappa shape index (κ3) is 9.00. The molecule has 1 aromatic heterocycles. The number of ketones is 1. The van der Waals surface area contributed by atoms with Crippen LogP contribution < -0.4 is 14.2 Å². The minimum Gasteiger partial charge on any atom is -0.490 e. The lowest BCUT2D eigenvalue weighted by atomic mass is 9.86. The number of nitrogens with one attached hydrogen (secondary N) is 1. The van der Waals surface area contributed by atoms with Crippen LogP contribution in [0.3, 0.4) is 0 Å². The van der Waals surface area contributed by atoms with Crippen LogP contribution in [0.15, 0.2) is 49.1 Å².